The van der Waals surface area contributed by atoms with Gasteiger partial charge in [0.1, 0.15) is 42.2 Å². The standard InChI is InChI=1S/C41H35F2N7O9S/c1-2-22-5-3-6-23-13-27(59-60(55,56)34-10-8-26(49(51)52)14-31(34)50(53)54)15-28(35(22)23)29-16-33-36-38(37(29)43)45-40(58-21-41-11-4-12-47(41)18-24(42)17-41)46-39(36)48-19-25-7-9-30(44-25)32(48)20-57-33/h1,3,5-6,8,10,13-16,24-25,30,32,44H,4,7,9,11-12,17-21H2/t24-,25-,30+,32-,41+/m1/s1. The molecule has 2 bridgehead atoms. The minimum absolute atomic E-state index is 0.0761. The van der Waals surface area contributed by atoms with E-state index in [9.17, 15) is 33.0 Å². The lowest BCUT2D eigenvalue weighted by Crippen LogP contribution is -2.60. The van der Waals surface area contributed by atoms with E-state index in [-0.39, 0.29) is 65.5 Å². The first-order chi connectivity index (χ1) is 28.8. The Labute approximate surface area is 340 Å². The van der Waals surface area contributed by atoms with Crippen molar-refractivity contribution in [3.63, 3.8) is 0 Å². The maximum atomic E-state index is 17.7. The average Bonchev–Trinajstić information content (AvgIpc) is 3.86. The third kappa shape index (κ3) is 6.11. The van der Waals surface area contributed by atoms with Crippen molar-refractivity contribution in [2.24, 2.45) is 0 Å². The summed E-state index contributed by atoms with van der Waals surface area (Å²) >= 11 is 0. The molecule has 0 saturated carbocycles. The van der Waals surface area contributed by atoms with Gasteiger partial charge in [-0.2, -0.15) is 18.4 Å². The molecule has 6 heterocycles. The molecule has 60 heavy (non-hydrogen) atoms. The van der Waals surface area contributed by atoms with Gasteiger partial charge in [0.25, 0.3) is 11.4 Å². The first-order valence-electron chi connectivity index (χ1n) is 19.5. The summed E-state index contributed by atoms with van der Waals surface area (Å²) < 4.78 is 78.2. The summed E-state index contributed by atoms with van der Waals surface area (Å²) in [7, 11) is -5.02. The Morgan fingerprint density at radius 2 is 1.90 bits per heavy atom. The van der Waals surface area contributed by atoms with Gasteiger partial charge in [0.2, 0.25) is 0 Å². The lowest BCUT2D eigenvalue weighted by Gasteiger charge is -2.40. The summed E-state index contributed by atoms with van der Waals surface area (Å²) in [5, 5.41) is 27.9. The molecule has 308 valence electrons. The minimum atomic E-state index is -5.02. The zero-order valence-corrected chi connectivity index (χ0v) is 32.5. The van der Waals surface area contributed by atoms with Crippen molar-refractivity contribution >= 4 is 49.0 Å². The number of non-ortho nitro benzene ring substituents is 1. The van der Waals surface area contributed by atoms with Crippen LogP contribution in [0.1, 0.15) is 37.7 Å². The number of nitro benzene ring substituents is 2. The second kappa shape index (κ2) is 13.9. The number of anilines is 1. The van der Waals surface area contributed by atoms with Gasteiger partial charge in [0.05, 0.1) is 32.9 Å². The van der Waals surface area contributed by atoms with E-state index >= 15 is 4.39 Å². The van der Waals surface area contributed by atoms with E-state index in [1.807, 2.05) is 0 Å². The number of nitro groups is 2. The van der Waals surface area contributed by atoms with Gasteiger partial charge in [-0.3, -0.25) is 25.1 Å². The monoisotopic (exact) mass is 839 g/mol. The topological polar surface area (TPSA) is 192 Å². The Kier molecular flexibility index (Phi) is 8.82. The molecule has 4 fully saturated rings. The van der Waals surface area contributed by atoms with Crippen molar-refractivity contribution in [2.75, 3.05) is 37.7 Å². The molecular formula is C41H35F2N7O9S. The van der Waals surface area contributed by atoms with Crippen LogP contribution in [0.4, 0.5) is 26.0 Å². The molecule has 1 aromatic heterocycles. The van der Waals surface area contributed by atoms with Crippen molar-refractivity contribution < 1.29 is 40.7 Å². The first-order valence-corrected chi connectivity index (χ1v) is 20.9. The van der Waals surface area contributed by atoms with Crippen LogP contribution in [0, 0.1) is 38.4 Å². The van der Waals surface area contributed by atoms with E-state index in [0.717, 1.165) is 44.4 Å². The maximum absolute atomic E-state index is 17.7. The lowest BCUT2D eigenvalue weighted by molar-refractivity contribution is -0.396. The molecule has 5 aromatic rings. The van der Waals surface area contributed by atoms with Crippen molar-refractivity contribution in [1.29, 1.82) is 0 Å². The van der Waals surface area contributed by atoms with Gasteiger partial charge in [-0.15, -0.1) is 6.42 Å². The van der Waals surface area contributed by atoms with Crippen LogP contribution in [-0.2, 0) is 10.1 Å². The Bertz CT molecular complexity index is 2840. The molecule has 0 unspecified atom stereocenters. The Morgan fingerprint density at radius 1 is 1.05 bits per heavy atom. The highest BCUT2D eigenvalue weighted by atomic mass is 32.2. The molecule has 4 saturated heterocycles. The zero-order valence-electron chi connectivity index (χ0n) is 31.7. The van der Waals surface area contributed by atoms with Gasteiger partial charge in [-0.1, -0.05) is 18.1 Å². The summed E-state index contributed by atoms with van der Waals surface area (Å²) in [6.45, 7) is 1.98. The third-order valence-corrected chi connectivity index (χ3v) is 13.8. The van der Waals surface area contributed by atoms with Crippen molar-refractivity contribution in [3.8, 4) is 41.0 Å². The number of nitrogens with zero attached hydrogens (tertiary/aromatic N) is 6. The lowest BCUT2D eigenvalue weighted by atomic mass is 9.93. The second-order valence-corrected chi connectivity index (χ2v) is 17.5. The smallest absolute Gasteiger partial charge is 0.346 e. The number of ether oxygens (including phenoxy) is 2. The number of alkyl halides is 1. The molecule has 0 amide bonds. The molecule has 5 aliphatic rings. The number of rotatable bonds is 9. The number of piperazine rings is 1. The zero-order chi connectivity index (χ0) is 41.7. The molecule has 5 aliphatic heterocycles. The predicted octanol–water partition coefficient (Wildman–Crippen LogP) is 5.81. The number of hydrogen-bond acceptors (Lipinski definition) is 14. The molecule has 10 rings (SSSR count). The molecular weight excluding hydrogens is 805 g/mol. The second-order valence-electron chi connectivity index (χ2n) is 16.0. The number of halogens is 2. The summed E-state index contributed by atoms with van der Waals surface area (Å²) in [5.41, 5.74) is -2.08. The van der Waals surface area contributed by atoms with Crippen molar-refractivity contribution in [2.45, 2.75) is 66.8 Å². The predicted molar refractivity (Wildman–Crippen MR) is 213 cm³/mol. The number of terminal acetylenes is 1. The third-order valence-electron chi connectivity index (χ3n) is 12.5. The van der Waals surface area contributed by atoms with E-state index < -0.39 is 53.8 Å². The summed E-state index contributed by atoms with van der Waals surface area (Å²) in [6.07, 6.45) is 8.77. The molecule has 0 radical (unpaired) electrons. The van der Waals surface area contributed by atoms with Crippen molar-refractivity contribution in [3.05, 3.63) is 86.2 Å². The van der Waals surface area contributed by atoms with E-state index in [1.54, 1.807) is 18.2 Å². The van der Waals surface area contributed by atoms with Gasteiger partial charge in [-0.05, 0) is 73.5 Å². The maximum Gasteiger partial charge on any atom is 0.346 e. The van der Waals surface area contributed by atoms with Crippen LogP contribution in [0.3, 0.4) is 0 Å². The Morgan fingerprint density at radius 3 is 2.70 bits per heavy atom. The van der Waals surface area contributed by atoms with Gasteiger partial charge < -0.3 is 23.9 Å². The van der Waals surface area contributed by atoms with Gasteiger partial charge in [0.15, 0.2) is 10.7 Å². The van der Waals surface area contributed by atoms with Crippen LogP contribution in [-0.4, -0.2) is 95.8 Å². The van der Waals surface area contributed by atoms with Gasteiger partial charge in [0, 0.05) is 54.2 Å². The number of hydrogen-bond donors (Lipinski definition) is 1. The fourth-order valence-electron chi connectivity index (χ4n) is 9.88. The highest BCUT2D eigenvalue weighted by Crippen LogP contribution is 2.47. The van der Waals surface area contributed by atoms with Crippen LogP contribution >= 0.6 is 0 Å². The van der Waals surface area contributed by atoms with Crippen LogP contribution in [0.15, 0.2) is 59.5 Å². The van der Waals surface area contributed by atoms with Crippen LogP contribution < -0.4 is 23.9 Å². The molecule has 19 heteroatoms. The fraction of sp³-hybridized carbons (Fsp3) is 0.366. The van der Waals surface area contributed by atoms with Crippen LogP contribution in [0.5, 0.6) is 17.5 Å². The van der Waals surface area contributed by atoms with E-state index in [1.165, 1.54) is 18.2 Å². The SMILES string of the molecule is C#Cc1cccc2cc(OS(=O)(=O)c3ccc([N+](=O)[O-])cc3[N+](=O)[O-])cc(-c3cc4c5c(nc(OC[C@@]67CCCN6C[C@H](F)C7)nc5c3F)N3C[C@H]5CC[C@H](N5)[C@H]3CO4)c12. The number of nitrogens with one attached hydrogen (secondary N) is 1. The summed E-state index contributed by atoms with van der Waals surface area (Å²) in [4.78, 5) is 34.1. The normalized spacial score (nSPS) is 24.4. The summed E-state index contributed by atoms with van der Waals surface area (Å²) in [6, 6.07) is 11.0. The highest BCUT2D eigenvalue weighted by molar-refractivity contribution is 7.87. The van der Waals surface area contributed by atoms with Gasteiger partial charge >= 0.3 is 16.1 Å². The highest BCUT2D eigenvalue weighted by Gasteiger charge is 2.50. The quantitative estimate of drug-likeness (QED) is 0.0809. The number of fused-ring (bicyclic) bond motifs is 7. The van der Waals surface area contributed by atoms with E-state index in [4.69, 9.17) is 25.1 Å². The molecule has 1 N–H and O–H groups in total. The van der Waals surface area contributed by atoms with Crippen LogP contribution in [0.2, 0.25) is 0 Å². The van der Waals surface area contributed by atoms with Crippen molar-refractivity contribution in [1.82, 2.24) is 20.2 Å². The molecule has 4 aromatic carbocycles. The largest absolute Gasteiger partial charge is 0.491 e. The van der Waals surface area contributed by atoms with Crippen LogP contribution in [0.25, 0.3) is 32.8 Å². The van der Waals surface area contributed by atoms with E-state index in [0.29, 0.717) is 53.1 Å². The molecule has 0 aliphatic carbocycles. The Hall–Kier alpha value is -6.23. The fourth-order valence-corrected chi connectivity index (χ4v) is 10.9. The molecule has 16 nitrogen and oxygen atoms in total. The van der Waals surface area contributed by atoms with E-state index in [2.05, 4.69) is 26.0 Å². The Balaban J connectivity index is 1.14. The first kappa shape index (κ1) is 38.0. The molecule has 0 spiro atoms. The summed E-state index contributed by atoms with van der Waals surface area (Å²) in [5.74, 6) is 2.13. The average molecular weight is 840 g/mol. The minimum Gasteiger partial charge on any atom is -0.491 e. The van der Waals surface area contributed by atoms with Gasteiger partial charge in [-0.25, -0.2) is 8.78 Å². The molecule has 5 atom stereocenters. The number of aromatic nitrogens is 2. The number of benzene rings is 4.